The van der Waals surface area contributed by atoms with Crippen LogP contribution in [-0.2, 0) is 14.4 Å². The molecule has 1 aromatic carbocycles. The van der Waals surface area contributed by atoms with E-state index in [-0.39, 0.29) is 18.6 Å². The first-order valence-electron chi connectivity index (χ1n) is 7.25. The molecule has 0 spiro atoms. The molecule has 2 amide bonds. The number of aryl methyl sites for hydroxylation is 2. The summed E-state index contributed by atoms with van der Waals surface area (Å²) < 4.78 is 0. The summed E-state index contributed by atoms with van der Waals surface area (Å²) >= 11 is 0. The smallest absolute Gasteiger partial charge is 0.270 e. The molecule has 0 fully saturated rings. The van der Waals surface area contributed by atoms with E-state index in [2.05, 4.69) is 15.8 Å². The lowest BCUT2D eigenvalue weighted by Crippen LogP contribution is -2.34. The first-order valence-corrected chi connectivity index (χ1v) is 7.25. The normalized spacial score (nSPS) is 12.0. The molecule has 22 heavy (non-hydrogen) atoms. The van der Waals surface area contributed by atoms with Crippen LogP contribution in [0.25, 0.3) is 0 Å². The fourth-order valence-electron chi connectivity index (χ4n) is 1.72. The Hall–Kier alpha value is -2.37. The molecule has 1 rings (SSSR count). The van der Waals surface area contributed by atoms with Gasteiger partial charge in [0.2, 0.25) is 0 Å². The summed E-state index contributed by atoms with van der Waals surface area (Å²) in [6.07, 6.45) is 1.85. The number of anilines is 1. The van der Waals surface area contributed by atoms with E-state index in [4.69, 9.17) is 4.84 Å². The van der Waals surface area contributed by atoms with Crippen LogP contribution in [0.1, 0.15) is 31.4 Å². The molecular weight excluding hydrogens is 282 g/mol. The third-order valence-corrected chi connectivity index (χ3v) is 3.10. The molecular formula is C16H23N3O3. The lowest BCUT2D eigenvalue weighted by atomic mass is 10.1. The Morgan fingerprint density at radius 3 is 2.73 bits per heavy atom. The minimum absolute atomic E-state index is 0.0906. The molecule has 0 aromatic heterocycles. The maximum atomic E-state index is 11.7. The third-order valence-electron chi connectivity index (χ3n) is 3.10. The highest BCUT2D eigenvalue weighted by atomic mass is 16.6. The predicted octanol–water partition coefficient (Wildman–Crippen LogP) is 2.16. The minimum Gasteiger partial charge on any atom is -0.386 e. The van der Waals surface area contributed by atoms with Crippen molar-refractivity contribution >= 4 is 23.7 Å². The van der Waals surface area contributed by atoms with E-state index >= 15 is 0 Å². The van der Waals surface area contributed by atoms with E-state index in [9.17, 15) is 9.59 Å². The third kappa shape index (κ3) is 6.39. The number of hydrogen-bond donors (Lipinski definition) is 2. The summed E-state index contributed by atoms with van der Waals surface area (Å²) in [5.41, 5.74) is 2.81. The summed E-state index contributed by atoms with van der Waals surface area (Å²) in [6, 6.07) is 5.81. The molecule has 0 heterocycles. The van der Waals surface area contributed by atoms with Crippen molar-refractivity contribution in [1.82, 2.24) is 5.32 Å². The highest BCUT2D eigenvalue weighted by Gasteiger charge is 2.06. The van der Waals surface area contributed by atoms with Crippen molar-refractivity contribution in [3.8, 4) is 0 Å². The van der Waals surface area contributed by atoms with E-state index in [1.165, 1.54) is 0 Å². The van der Waals surface area contributed by atoms with Gasteiger partial charge in [0.15, 0.2) is 6.61 Å². The lowest BCUT2D eigenvalue weighted by molar-refractivity contribution is -0.126. The van der Waals surface area contributed by atoms with Crippen molar-refractivity contribution in [1.29, 1.82) is 0 Å². The molecule has 6 nitrogen and oxygen atoms in total. The summed E-state index contributed by atoms with van der Waals surface area (Å²) in [6.45, 7) is 7.56. The number of rotatable bonds is 7. The average molecular weight is 305 g/mol. The highest BCUT2D eigenvalue weighted by Crippen LogP contribution is 2.15. The van der Waals surface area contributed by atoms with Gasteiger partial charge in [-0.05, 0) is 38.8 Å². The van der Waals surface area contributed by atoms with Crippen molar-refractivity contribution < 1.29 is 14.4 Å². The van der Waals surface area contributed by atoms with Gasteiger partial charge in [0.25, 0.3) is 11.8 Å². The Kier molecular flexibility index (Phi) is 7.08. The van der Waals surface area contributed by atoms with Gasteiger partial charge in [-0.3, -0.25) is 9.59 Å². The molecule has 0 aliphatic carbocycles. The molecule has 0 bridgehead atoms. The van der Waals surface area contributed by atoms with Crippen LogP contribution in [0, 0.1) is 13.8 Å². The second-order valence-electron chi connectivity index (χ2n) is 5.19. The highest BCUT2D eigenvalue weighted by molar-refractivity contribution is 6.31. The topological polar surface area (TPSA) is 79.8 Å². The summed E-state index contributed by atoms with van der Waals surface area (Å²) in [5, 5.41) is 8.92. The Labute approximate surface area is 130 Å². The number of amides is 2. The van der Waals surface area contributed by atoms with Crippen LogP contribution in [0.4, 0.5) is 5.69 Å². The Morgan fingerprint density at radius 2 is 2.09 bits per heavy atom. The molecule has 0 radical (unpaired) electrons. The molecule has 1 aromatic rings. The van der Waals surface area contributed by atoms with Crippen LogP contribution in [-0.4, -0.2) is 30.7 Å². The van der Waals surface area contributed by atoms with Gasteiger partial charge in [-0.1, -0.05) is 29.8 Å². The van der Waals surface area contributed by atoms with E-state index < -0.39 is 5.91 Å². The molecule has 120 valence electrons. The number of hydrogen-bond acceptors (Lipinski definition) is 4. The molecule has 0 saturated heterocycles. The minimum atomic E-state index is -0.408. The van der Waals surface area contributed by atoms with Gasteiger partial charge in [0.1, 0.15) is 6.21 Å². The second-order valence-corrected chi connectivity index (χ2v) is 5.19. The largest absolute Gasteiger partial charge is 0.386 e. The van der Waals surface area contributed by atoms with Gasteiger partial charge in [0, 0.05) is 11.7 Å². The van der Waals surface area contributed by atoms with Crippen molar-refractivity contribution in [3.63, 3.8) is 0 Å². The maximum absolute atomic E-state index is 11.7. The first kappa shape index (κ1) is 17.7. The van der Waals surface area contributed by atoms with Gasteiger partial charge in [-0.25, -0.2) is 0 Å². The average Bonchev–Trinajstić information content (AvgIpc) is 2.46. The van der Waals surface area contributed by atoms with E-state index in [0.717, 1.165) is 29.4 Å². The fourth-order valence-corrected chi connectivity index (χ4v) is 1.72. The van der Waals surface area contributed by atoms with Crippen molar-refractivity contribution in [2.24, 2.45) is 5.16 Å². The molecule has 2 N–H and O–H groups in total. The number of oxime groups is 1. The molecule has 0 aliphatic heterocycles. The number of nitrogens with zero attached hydrogens (tertiary/aromatic N) is 1. The van der Waals surface area contributed by atoms with Gasteiger partial charge in [-0.2, -0.15) is 0 Å². The zero-order chi connectivity index (χ0) is 16.5. The molecule has 6 heteroatoms. The van der Waals surface area contributed by atoms with Crippen molar-refractivity contribution in [3.05, 3.63) is 29.3 Å². The van der Waals surface area contributed by atoms with Crippen molar-refractivity contribution in [2.45, 2.75) is 40.2 Å². The quantitative estimate of drug-likeness (QED) is 0.598. The SMILES string of the molecule is CC[C@H](C)NC(=O)CO/N=C\C(=O)Nc1ccc(C)cc1C. The van der Waals surface area contributed by atoms with Crippen LogP contribution in [0.2, 0.25) is 0 Å². The first-order chi connectivity index (χ1) is 10.4. The number of carbonyl (C=O) groups excluding carboxylic acids is 2. The van der Waals surface area contributed by atoms with Crippen LogP contribution >= 0.6 is 0 Å². The second kappa shape index (κ2) is 8.81. The van der Waals surface area contributed by atoms with Crippen molar-refractivity contribution in [2.75, 3.05) is 11.9 Å². The number of carbonyl (C=O) groups is 2. The van der Waals surface area contributed by atoms with Gasteiger partial charge >= 0.3 is 0 Å². The van der Waals surface area contributed by atoms with Gasteiger partial charge < -0.3 is 15.5 Å². The van der Waals surface area contributed by atoms with Crippen LogP contribution in [0.5, 0.6) is 0 Å². The zero-order valence-electron chi connectivity index (χ0n) is 13.5. The molecule has 1 atom stereocenters. The summed E-state index contributed by atoms with van der Waals surface area (Å²) in [5.74, 6) is -0.671. The van der Waals surface area contributed by atoms with E-state index in [1.807, 2.05) is 45.9 Å². The van der Waals surface area contributed by atoms with Gasteiger partial charge in [-0.15, -0.1) is 0 Å². The number of nitrogens with one attached hydrogen (secondary N) is 2. The number of benzene rings is 1. The predicted molar refractivity (Wildman–Crippen MR) is 86.9 cm³/mol. The van der Waals surface area contributed by atoms with Crippen LogP contribution < -0.4 is 10.6 Å². The molecule has 0 aliphatic rings. The Bertz CT molecular complexity index is 556. The van der Waals surface area contributed by atoms with E-state index in [0.29, 0.717) is 0 Å². The van der Waals surface area contributed by atoms with Crippen LogP contribution in [0.15, 0.2) is 23.4 Å². The van der Waals surface area contributed by atoms with Gasteiger partial charge in [0.05, 0.1) is 0 Å². The summed E-state index contributed by atoms with van der Waals surface area (Å²) in [4.78, 5) is 27.9. The maximum Gasteiger partial charge on any atom is 0.270 e. The monoisotopic (exact) mass is 305 g/mol. The standard InChI is InChI=1S/C16H23N3O3/c1-5-13(4)18-16(21)10-22-17-9-15(20)19-14-7-6-11(2)8-12(14)3/h6-9,13H,5,10H2,1-4H3,(H,18,21)(H,19,20)/b17-9-/t13-/m0/s1. The van der Waals surface area contributed by atoms with E-state index in [1.54, 1.807) is 0 Å². The Balaban J connectivity index is 2.37. The molecule has 0 saturated carbocycles. The summed E-state index contributed by atoms with van der Waals surface area (Å²) in [7, 11) is 0. The zero-order valence-corrected chi connectivity index (χ0v) is 13.5. The Morgan fingerprint density at radius 1 is 1.36 bits per heavy atom. The van der Waals surface area contributed by atoms with Crippen LogP contribution in [0.3, 0.4) is 0 Å². The lowest BCUT2D eigenvalue weighted by Gasteiger charge is -2.10. The fraction of sp³-hybridized carbons (Fsp3) is 0.438. The molecule has 0 unspecified atom stereocenters.